The Morgan fingerprint density at radius 1 is 0.298 bits per heavy atom. The van der Waals surface area contributed by atoms with Crippen LogP contribution in [0.15, 0.2) is 0 Å². The Kier molecular flexibility index (Phi) is 49.7. The summed E-state index contributed by atoms with van der Waals surface area (Å²) in [5, 5.41) is 1.26. The molecule has 0 saturated carbocycles. The zero-order valence-corrected chi connectivity index (χ0v) is 41.7. The quantitative estimate of drug-likeness (QED) is 0.0569. The molecule has 4 unspecified atom stereocenters. The first-order chi connectivity index (χ1) is 28.1. The van der Waals surface area contributed by atoms with Gasteiger partial charge in [-0.15, -0.1) is 0 Å². The summed E-state index contributed by atoms with van der Waals surface area (Å²) in [6.45, 7) is 17.1. The molecule has 3 nitrogen and oxygen atoms in total. The van der Waals surface area contributed by atoms with E-state index in [4.69, 9.17) is 14.2 Å². The van der Waals surface area contributed by atoms with E-state index in [1.165, 1.54) is 230 Å². The van der Waals surface area contributed by atoms with Crippen molar-refractivity contribution in [3.05, 3.63) is 0 Å². The molecule has 0 rings (SSSR count). The van der Waals surface area contributed by atoms with Crippen molar-refractivity contribution in [1.82, 2.24) is 0 Å². The van der Waals surface area contributed by atoms with Crippen molar-refractivity contribution < 1.29 is 14.2 Å². The average molecular weight is 844 g/mol. The lowest BCUT2D eigenvalue weighted by atomic mass is 10.1. The van der Waals surface area contributed by atoms with Gasteiger partial charge in [0.25, 0.3) is 0 Å². The van der Waals surface area contributed by atoms with E-state index in [1.54, 1.807) is 0 Å². The Bertz CT molecular complexity index is 665. The topological polar surface area (TPSA) is 27.7 Å². The molecule has 0 aliphatic rings. The first-order valence-corrected chi connectivity index (χ1v) is 28.2. The van der Waals surface area contributed by atoms with Gasteiger partial charge < -0.3 is 14.2 Å². The van der Waals surface area contributed by atoms with Crippen LogP contribution in [0.3, 0.4) is 0 Å². The average Bonchev–Trinajstić information content (AvgIpc) is 3.21. The molecule has 0 N–H and O–H groups in total. The lowest BCUT2D eigenvalue weighted by molar-refractivity contribution is 0.0250. The number of ether oxygens (including phenoxy) is 3. The molecule has 0 aliphatic heterocycles. The Labute approximate surface area is 369 Å². The van der Waals surface area contributed by atoms with Crippen LogP contribution in [-0.2, 0) is 14.2 Å². The van der Waals surface area contributed by atoms with E-state index in [0.717, 1.165) is 39.3 Å². The maximum atomic E-state index is 6.44. The molecule has 0 aromatic carbocycles. The summed E-state index contributed by atoms with van der Waals surface area (Å²) in [6, 6.07) is 0. The van der Waals surface area contributed by atoms with Crippen molar-refractivity contribution in [2.75, 3.05) is 37.9 Å². The lowest BCUT2D eigenvalue weighted by Gasteiger charge is -2.24. The molecule has 57 heavy (non-hydrogen) atoms. The van der Waals surface area contributed by atoms with Crippen molar-refractivity contribution in [2.45, 2.75) is 295 Å². The van der Waals surface area contributed by atoms with Gasteiger partial charge in [0, 0.05) is 36.9 Å². The van der Waals surface area contributed by atoms with Crippen molar-refractivity contribution in [3.8, 4) is 0 Å². The van der Waals surface area contributed by atoms with Gasteiger partial charge in [0.1, 0.15) is 0 Å². The summed E-state index contributed by atoms with van der Waals surface area (Å²) in [7, 11) is 0. The summed E-state index contributed by atoms with van der Waals surface area (Å²) >= 11 is 4.40. The van der Waals surface area contributed by atoms with Gasteiger partial charge in [0.15, 0.2) is 0 Å². The van der Waals surface area contributed by atoms with Crippen LogP contribution in [0.2, 0.25) is 0 Å². The van der Waals surface area contributed by atoms with Crippen LogP contribution in [0.25, 0.3) is 0 Å². The fraction of sp³-hybridized carbons (Fsp3) is 1.00. The maximum Gasteiger partial charge on any atom is 0.0665 e. The van der Waals surface area contributed by atoms with E-state index >= 15 is 0 Å². The normalized spacial score (nSPS) is 14.0. The van der Waals surface area contributed by atoms with Gasteiger partial charge in [-0.1, -0.05) is 220 Å². The summed E-state index contributed by atoms with van der Waals surface area (Å²) < 4.78 is 18.9. The molecule has 0 aromatic heterocycles. The number of hydrogen-bond acceptors (Lipinski definition) is 5. The Hall–Kier alpha value is 0.580. The molecule has 4 atom stereocenters. The first-order valence-electron chi connectivity index (χ1n) is 26.1. The Morgan fingerprint density at radius 3 is 0.860 bits per heavy atom. The highest BCUT2D eigenvalue weighted by molar-refractivity contribution is 8.00. The van der Waals surface area contributed by atoms with Crippen LogP contribution < -0.4 is 0 Å². The fourth-order valence-corrected chi connectivity index (χ4v) is 10.7. The largest absolute Gasteiger partial charge is 0.381 e. The van der Waals surface area contributed by atoms with Crippen LogP contribution in [-0.4, -0.2) is 60.6 Å². The first kappa shape index (κ1) is 57.6. The van der Waals surface area contributed by atoms with Crippen LogP contribution >= 0.6 is 23.5 Å². The molecule has 0 saturated heterocycles. The monoisotopic (exact) mass is 843 g/mol. The molecule has 0 amide bonds. The van der Waals surface area contributed by atoms with Crippen molar-refractivity contribution >= 4 is 23.5 Å². The SMILES string of the molecule is CCCCCCCCCCCCCSC(CCCCCCC)C(C)OCCCOCCCOC(C)C(CCCCCCC)SCCCCCCCCCCCCC. The standard InChI is InChI=1S/C52H106O3S2/c1-7-11-15-19-21-23-25-27-29-33-37-47-56-51(41-35-31-17-13-9-3)49(5)54-45-39-43-53-44-40-46-55-50(6)52(42-36-32-18-14-10-4)57-48-38-34-30-28-26-24-22-20-16-12-8-2/h49-52H,7-48H2,1-6H3. The minimum absolute atomic E-state index is 0.330. The molecule has 0 aliphatic carbocycles. The Morgan fingerprint density at radius 2 is 0.561 bits per heavy atom. The highest BCUT2D eigenvalue weighted by Gasteiger charge is 2.19. The van der Waals surface area contributed by atoms with Crippen LogP contribution in [0.1, 0.15) is 273 Å². The van der Waals surface area contributed by atoms with Gasteiger partial charge in [-0.05, 0) is 63.9 Å². The second kappa shape index (κ2) is 49.2. The molecular weight excluding hydrogens is 737 g/mol. The summed E-state index contributed by atoms with van der Waals surface area (Å²) in [5.74, 6) is 2.60. The molecular formula is C52H106O3S2. The third-order valence-electron chi connectivity index (χ3n) is 12.0. The highest BCUT2D eigenvalue weighted by Crippen LogP contribution is 2.27. The molecule has 0 spiro atoms. The molecule has 0 heterocycles. The van der Waals surface area contributed by atoms with E-state index in [1.807, 2.05) is 0 Å². The van der Waals surface area contributed by atoms with E-state index < -0.39 is 0 Å². The number of hydrogen-bond donors (Lipinski definition) is 0. The van der Waals surface area contributed by atoms with Gasteiger partial charge in [0.2, 0.25) is 0 Å². The zero-order chi connectivity index (χ0) is 41.5. The van der Waals surface area contributed by atoms with E-state index in [2.05, 4.69) is 65.1 Å². The smallest absolute Gasteiger partial charge is 0.0665 e. The predicted molar refractivity (Wildman–Crippen MR) is 263 cm³/mol. The molecule has 5 heteroatoms. The minimum atomic E-state index is 0.330. The fourth-order valence-electron chi connectivity index (χ4n) is 7.98. The second-order valence-electron chi connectivity index (χ2n) is 17.8. The lowest BCUT2D eigenvalue weighted by Crippen LogP contribution is -2.25. The van der Waals surface area contributed by atoms with Gasteiger partial charge >= 0.3 is 0 Å². The van der Waals surface area contributed by atoms with Crippen LogP contribution in [0, 0.1) is 0 Å². The van der Waals surface area contributed by atoms with Crippen molar-refractivity contribution in [3.63, 3.8) is 0 Å². The van der Waals surface area contributed by atoms with E-state index in [9.17, 15) is 0 Å². The molecule has 0 aromatic rings. The van der Waals surface area contributed by atoms with E-state index in [0.29, 0.717) is 22.7 Å². The van der Waals surface area contributed by atoms with Gasteiger partial charge in [0.05, 0.1) is 12.2 Å². The third-order valence-corrected chi connectivity index (χ3v) is 15.2. The molecule has 0 fully saturated rings. The van der Waals surface area contributed by atoms with Crippen molar-refractivity contribution in [1.29, 1.82) is 0 Å². The van der Waals surface area contributed by atoms with Crippen LogP contribution in [0.5, 0.6) is 0 Å². The van der Waals surface area contributed by atoms with E-state index in [-0.39, 0.29) is 0 Å². The zero-order valence-electron chi connectivity index (χ0n) is 40.0. The van der Waals surface area contributed by atoms with Gasteiger partial charge in [-0.3, -0.25) is 0 Å². The minimum Gasteiger partial charge on any atom is -0.381 e. The molecule has 344 valence electrons. The van der Waals surface area contributed by atoms with Crippen molar-refractivity contribution in [2.24, 2.45) is 0 Å². The summed E-state index contributed by atoms with van der Waals surface area (Å²) in [4.78, 5) is 0. The second-order valence-corrected chi connectivity index (χ2v) is 20.5. The molecule has 0 radical (unpaired) electrons. The predicted octanol–water partition coefficient (Wildman–Crippen LogP) is 18.1. The number of unbranched alkanes of at least 4 members (excludes halogenated alkanes) is 28. The summed E-state index contributed by atoms with van der Waals surface area (Å²) in [6.07, 6.45) is 50.2. The van der Waals surface area contributed by atoms with Gasteiger partial charge in [-0.25, -0.2) is 0 Å². The third kappa shape index (κ3) is 43.0. The number of thioether (sulfide) groups is 2. The Balaban J connectivity index is 4.23. The summed E-state index contributed by atoms with van der Waals surface area (Å²) in [5.41, 5.74) is 0. The number of rotatable bonds is 50. The van der Waals surface area contributed by atoms with Crippen LogP contribution in [0.4, 0.5) is 0 Å². The van der Waals surface area contributed by atoms with Gasteiger partial charge in [-0.2, -0.15) is 23.5 Å². The highest BCUT2D eigenvalue weighted by atomic mass is 32.2. The maximum absolute atomic E-state index is 6.44. The molecule has 0 bridgehead atoms.